The molecule has 0 saturated heterocycles. The number of hydrogen-bond donors (Lipinski definition) is 2. The van der Waals surface area contributed by atoms with Crippen molar-refractivity contribution in [1.29, 1.82) is 0 Å². The van der Waals surface area contributed by atoms with E-state index in [2.05, 4.69) is 27.1 Å². The number of anilines is 1. The minimum Gasteiger partial charge on any atom is -0.379 e. The Morgan fingerprint density at radius 2 is 2.26 bits per heavy atom. The molecular weight excluding hydrogens is 240 g/mol. The van der Waals surface area contributed by atoms with Crippen LogP contribution < -0.4 is 10.6 Å². The summed E-state index contributed by atoms with van der Waals surface area (Å²) < 4.78 is 2.08. The van der Waals surface area contributed by atoms with E-state index in [1.54, 1.807) is 13.1 Å². The lowest BCUT2D eigenvalue weighted by molar-refractivity contribution is 0.0963. The Kier molecular flexibility index (Phi) is 4.18. The molecule has 1 heterocycles. The zero-order valence-electron chi connectivity index (χ0n) is 11.2. The predicted molar refractivity (Wildman–Crippen MR) is 75.1 cm³/mol. The molecule has 0 bridgehead atoms. The first-order valence-corrected chi connectivity index (χ1v) is 6.29. The van der Waals surface area contributed by atoms with Crippen molar-refractivity contribution in [1.82, 2.24) is 14.9 Å². The standard InChI is InChI=1S/C14H18N4O/c1-3-18-10-16-8-13(18)9-17-12-6-4-5-11(7-12)14(19)15-2/h4-8,10,17H,3,9H2,1-2H3,(H,15,19). The van der Waals surface area contributed by atoms with Gasteiger partial charge in [0, 0.05) is 31.0 Å². The summed E-state index contributed by atoms with van der Waals surface area (Å²) in [6.07, 6.45) is 3.66. The number of nitrogens with one attached hydrogen (secondary N) is 2. The molecule has 19 heavy (non-hydrogen) atoms. The Morgan fingerprint density at radius 3 is 3.00 bits per heavy atom. The van der Waals surface area contributed by atoms with Gasteiger partial charge in [0.2, 0.25) is 0 Å². The van der Waals surface area contributed by atoms with Gasteiger partial charge in [-0.25, -0.2) is 4.98 Å². The van der Waals surface area contributed by atoms with E-state index in [9.17, 15) is 4.79 Å². The van der Waals surface area contributed by atoms with Crippen molar-refractivity contribution in [2.45, 2.75) is 20.0 Å². The molecule has 2 N–H and O–H groups in total. The van der Waals surface area contributed by atoms with E-state index >= 15 is 0 Å². The van der Waals surface area contributed by atoms with Crippen molar-refractivity contribution >= 4 is 11.6 Å². The highest BCUT2D eigenvalue weighted by Gasteiger charge is 2.04. The molecule has 1 aromatic heterocycles. The van der Waals surface area contributed by atoms with Gasteiger partial charge in [-0.2, -0.15) is 0 Å². The van der Waals surface area contributed by atoms with E-state index in [-0.39, 0.29) is 5.91 Å². The molecule has 0 aliphatic rings. The minimum absolute atomic E-state index is 0.0812. The second-order valence-corrected chi connectivity index (χ2v) is 4.18. The van der Waals surface area contributed by atoms with Crippen molar-refractivity contribution in [3.8, 4) is 0 Å². The lowest BCUT2D eigenvalue weighted by Crippen LogP contribution is -2.17. The first-order valence-electron chi connectivity index (χ1n) is 6.29. The smallest absolute Gasteiger partial charge is 0.251 e. The van der Waals surface area contributed by atoms with Crippen molar-refractivity contribution in [2.75, 3.05) is 12.4 Å². The van der Waals surface area contributed by atoms with Gasteiger partial charge in [0.05, 0.1) is 18.6 Å². The third-order valence-corrected chi connectivity index (χ3v) is 2.96. The van der Waals surface area contributed by atoms with Crippen LogP contribution in [0.2, 0.25) is 0 Å². The Bertz CT molecular complexity index is 562. The van der Waals surface area contributed by atoms with Crippen LogP contribution in [-0.4, -0.2) is 22.5 Å². The third-order valence-electron chi connectivity index (χ3n) is 2.96. The zero-order chi connectivity index (χ0) is 13.7. The second-order valence-electron chi connectivity index (χ2n) is 4.18. The fourth-order valence-corrected chi connectivity index (χ4v) is 1.89. The molecule has 0 spiro atoms. The highest BCUT2D eigenvalue weighted by molar-refractivity contribution is 5.94. The molecule has 0 aliphatic carbocycles. The summed E-state index contributed by atoms with van der Waals surface area (Å²) in [5, 5.41) is 5.92. The van der Waals surface area contributed by atoms with Crippen molar-refractivity contribution in [3.05, 3.63) is 48.0 Å². The molecule has 2 rings (SSSR count). The van der Waals surface area contributed by atoms with Crippen LogP contribution in [0, 0.1) is 0 Å². The van der Waals surface area contributed by atoms with Gasteiger partial charge < -0.3 is 15.2 Å². The van der Waals surface area contributed by atoms with Crippen LogP contribution in [0.1, 0.15) is 23.0 Å². The van der Waals surface area contributed by atoms with Crippen LogP contribution in [-0.2, 0) is 13.1 Å². The lowest BCUT2D eigenvalue weighted by atomic mass is 10.2. The first-order chi connectivity index (χ1) is 9.24. The van der Waals surface area contributed by atoms with E-state index in [4.69, 9.17) is 0 Å². The maximum atomic E-state index is 11.5. The molecule has 0 fully saturated rings. The zero-order valence-corrected chi connectivity index (χ0v) is 11.2. The van der Waals surface area contributed by atoms with Gasteiger partial charge in [0.1, 0.15) is 0 Å². The molecule has 0 unspecified atom stereocenters. The van der Waals surface area contributed by atoms with Crippen molar-refractivity contribution in [2.24, 2.45) is 0 Å². The quantitative estimate of drug-likeness (QED) is 0.860. The predicted octanol–water partition coefficient (Wildman–Crippen LogP) is 1.87. The highest BCUT2D eigenvalue weighted by atomic mass is 16.1. The van der Waals surface area contributed by atoms with Crippen LogP contribution in [0.4, 0.5) is 5.69 Å². The summed E-state index contributed by atoms with van der Waals surface area (Å²) >= 11 is 0. The van der Waals surface area contributed by atoms with Gasteiger partial charge in [-0.1, -0.05) is 6.07 Å². The van der Waals surface area contributed by atoms with Crippen LogP contribution in [0.25, 0.3) is 0 Å². The van der Waals surface area contributed by atoms with E-state index in [0.717, 1.165) is 17.9 Å². The molecule has 0 saturated carbocycles. The summed E-state index contributed by atoms with van der Waals surface area (Å²) in [6.45, 7) is 3.66. The molecule has 0 radical (unpaired) electrons. The van der Waals surface area contributed by atoms with Crippen LogP contribution in [0.15, 0.2) is 36.8 Å². The molecule has 1 amide bonds. The van der Waals surface area contributed by atoms with Crippen molar-refractivity contribution in [3.63, 3.8) is 0 Å². The molecule has 1 aromatic carbocycles. The number of carbonyl (C=O) groups is 1. The van der Waals surface area contributed by atoms with E-state index in [0.29, 0.717) is 12.1 Å². The number of aromatic nitrogens is 2. The topological polar surface area (TPSA) is 59.0 Å². The number of aryl methyl sites for hydroxylation is 1. The SMILES string of the molecule is CCn1cncc1CNc1cccc(C(=O)NC)c1. The number of carbonyl (C=O) groups excluding carboxylic acids is 1. The van der Waals surface area contributed by atoms with E-state index in [1.807, 2.05) is 30.7 Å². The van der Waals surface area contributed by atoms with E-state index in [1.165, 1.54) is 0 Å². The number of nitrogens with zero attached hydrogens (tertiary/aromatic N) is 2. The second kappa shape index (κ2) is 6.04. The third kappa shape index (κ3) is 3.13. The molecule has 0 aliphatic heterocycles. The van der Waals surface area contributed by atoms with Gasteiger partial charge >= 0.3 is 0 Å². The number of amides is 1. The summed E-state index contributed by atoms with van der Waals surface area (Å²) in [5.41, 5.74) is 2.69. The maximum absolute atomic E-state index is 11.5. The monoisotopic (exact) mass is 258 g/mol. The molecule has 100 valence electrons. The van der Waals surface area contributed by atoms with Gasteiger partial charge in [0.25, 0.3) is 5.91 Å². The Labute approximate surface area is 112 Å². The summed E-state index contributed by atoms with van der Waals surface area (Å²) in [6, 6.07) is 7.44. The van der Waals surface area contributed by atoms with Crippen LogP contribution in [0.3, 0.4) is 0 Å². The van der Waals surface area contributed by atoms with Crippen molar-refractivity contribution < 1.29 is 4.79 Å². The maximum Gasteiger partial charge on any atom is 0.251 e. The Hall–Kier alpha value is -2.30. The molecule has 5 nitrogen and oxygen atoms in total. The normalized spacial score (nSPS) is 10.2. The summed E-state index contributed by atoms with van der Waals surface area (Å²) in [5.74, 6) is -0.0812. The van der Waals surface area contributed by atoms with Gasteiger partial charge in [-0.05, 0) is 25.1 Å². The lowest BCUT2D eigenvalue weighted by Gasteiger charge is -2.09. The Morgan fingerprint density at radius 1 is 1.42 bits per heavy atom. The molecule has 2 aromatic rings. The summed E-state index contributed by atoms with van der Waals surface area (Å²) in [7, 11) is 1.63. The Balaban J connectivity index is 2.05. The molecule has 5 heteroatoms. The van der Waals surface area contributed by atoms with Crippen LogP contribution in [0.5, 0.6) is 0 Å². The van der Waals surface area contributed by atoms with Crippen LogP contribution >= 0.6 is 0 Å². The minimum atomic E-state index is -0.0812. The highest BCUT2D eigenvalue weighted by Crippen LogP contribution is 2.12. The largest absolute Gasteiger partial charge is 0.379 e. The number of benzene rings is 1. The average Bonchev–Trinajstić information content (AvgIpc) is 2.92. The fraction of sp³-hybridized carbons (Fsp3) is 0.286. The number of imidazole rings is 1. The van der Waals surface area contributed by atoms with Gasteiger partial charge in [0.15, 0.2) is 0 Å². The number of hydrogen-bond acceptors (Lipinski definition) is 3. The first kappa shape index (κ1) is 13.1. The summed E-state index contributed by atoms with van der Waals surface area (Å²) in [4.78, 5) is 15.7. The average molecular weight is 258 g/mol. The van der Waals surface area contributed by atoms with Gasteiger partial charge in [-0.15, -0.1) is 0 Å². The fourth-order valence-electron chi connectivity index (χ4n) is 1.89. The molecular formula is C14H18N4O. The molecule has 0 atom stereocenters. The number of rotatable bonds is 5. The van der Waals surface area contributed by atoms with E-state index < -0.39 is 0 Å². The van der Waals surface area contributed by atoms with Gasteiger partial charge in [-0.3, -0.25) is 4.79 Å².